The monoisotopic (exact) mass is 369 g/mol. The number of carbonyl (C=O) groups is 1. The van der Waals surface area contributed by atoms with Gasteiger partial charge in [0.05, 0.1) is 12.7 Å². The Labute approximate surface area is 142 Å². The van der Waals surface area contributed by atoms with Crippen molar-refractivity contribution >= 4 is 32.6 Å². The van der Waals surface area contributed by atoms with E-state index in [-0.39, 0.29) is 11.2 Å². The smallest absolute Gasteiger partial charge is 0.195 e. The number of ketones is 1. The fourth-order valence-corrected chi connectivity index (χ4v) is 3.89. The van der Waals surface area contributed by atoms with Crippen LogP contribution >= 0.6 is 15.9 Å². The van der Waals surface area contributed by atoms with Crippen LogP contribution < -0.4 is 4.74 Å². The van der Waals surface area contributed by atoms with Crippen LogP contribution in [-0.4, -0.2) is 17.9 Å². The molecule has 0 spiro atoms. The molecule has 3 aromatic rings. The molecule has 0 fully saturated rings. The van der Waals surface area contributed by atoms with E-state index in [2.05, 4.69) is 34.8 Å². The molecule has 4 heteroatoms. The van der Waals surface area contributed by atoms with Gasteiger partial charge in [-0.05, 0) is 29.8 Å². The van der Waals surface area contributed by atoms with Crippen LogP contribution in [-0.2, 0) is 5.41 Å². The van der Waals surface area contributed by atoms with Gasteiger partial charge in [-0.3, -0.25) is 4.79 Å². The molecule has 0 aliphatic heterocycles. The largest absolute Gasteiger partial charge is 0.497 e. The molecule has 1 aromatic heterocycles. The van der Waals surface area contributed by atoms with Crippen LogP contribution in [0, 0.1) is 0 Å². The number of halogens is 1. The van der Waals surface area contributed by atoms with Crippen LogP contribution in [0.3, 0.4) is 0 Å². The Morgan fingerprint density at radius 1 is 1.13 bits per heavy atom. The molecule has 1 heterocycles. The van der Waals surface area contributed by atoms with Crippen molar-refractivity contribution in [3.8, 4) is 5.75 Å². The van der Waals surface area contributed by atoms with Gasteiger partial charge in [-0.25, -0.2) is 0 Å². The number of fused-ring (bicyclic) bond motifs is 4. The third-order valence-electron chi connectivity index (χ3n) is 4.76. The summed E-state index contributed by atoms with van der Waals surface area (Å²) in [5.41, 5.74) is 4.22. The first-order chi connectivity index (χ1) is 10.9. The number of aromatic nitrogens is 1. The predicted molar refractivity (Wildman–Crippen MR) is 94.6 cm³/mol. The summed E-state index contributed by atoms with van der Waals surface area (Å²) < 4.78 is 6.30. The van der Waals surface area contributed by atoms with Gasteiger partial charge >= 0.3 is 0 Å². The van der Waals surface area contributed by atoms with Gasteiger partial charge in [0.2, 0.25) is 0 Å². The number of aromatic amines is 1. The molecule has 116 valence electrons. The first kappa shape index (κ1) is 14.5. The Hall–Kier alpha value is -2.07. The number of carbonyl (C=O) groups excluding carboxylic acids is 1. The summed E-state index contributed by atoms with van der Waals surface area (Å²) >= 11 is 3.50. The van der Waals surface area contributed by atoms with E-state index in [4.69, 9.17) is 4.74 Å². The second-order valence-corrected chi connectivity index (χ2v) is 7.35. The van der Waals surface area contributed by atoms with Crippen molar-refractivity contribution in [2.24, 2.45) is 0 Å². The van der Waals surface area contributed by atoms with Gasteiger partial charge in [0, 0.05) is 32.0 Å². The predicted octanol–water partition coefficient (Wildman–Crippen LogP) is 4.81. The maximum Gasteiger partial charge on any atom is 0.195 e. The van der Waals surface area contributed by atoms with E-state index in [0.29, 0.717) is 5.75 Å². The lowest BCUT2D eigenvalue weighted by Crippen LogP contribution is -2.30. The van der Waals surface area contributed by atoms with Gasteiger partial charge in [0.25, 0.3) is 0 Å². The third-order valence-corrected chi connectivity index (χ3v) is 5.25. The van der Waals surface area contributed by atoms with Crippen molar-refractivity contribution < 1.29 is 9.53 Å². The number of hydrogen-bond donors (Lipinski definition) is 1. The van der Waals surface area contributed by atoms with Crippen LogP contribution in [0.5, 0.6) is 5.75 Å². The molecule has 0 unspecified atom stereocenters. The van der Waals surface area contributed by atoms with Crippen molar-refractivity contribution in [3.63, 3.8) is 0 Å². The Balaban J connectivity index is 2.07. The Morgan fingerprint density at radius 3 is 2.65 bits per heavy atom. The molecule has 0 saturated carbocycles. The summed E-state index contributed by atoms with van der Waals surface area (Å²) in [4.78, 5) is 16.6. The SMILES string of the molecule is COc1ccc2c(c1)C(=O)c1c([nH]c3cc(Br)ccc13)C2(C)C. The zero-order valence-electron chi connectivity index (χ0n) is 13.2. The summed E-state index contributed by atoms with van der Waals surface area (Å²) in [7, 11) is 1.62. The van der Waals surface area contributed by atoms with Crippen molar-refractivity contribution in [1.29, 1.82) is 0 Å². The van der Waals surface area contributed by atoms with Crippen molar-refractivity contribution in [2.75, 3.05) is 7.11 Å². The van der Waals surface area contributed by atoms with Crippen LogP contribution in [0.2, 0.25) is 0 Å². The van der Waals surface area contributed by atoms with E-state index in [1.807, 2.05) is 36.4 Å². The summed E-state index contributed by atoms with van der Waals surface area (Å²) in [6, 6.07) is 11.7. The molecule has 1 aliphatic carbocycles. The highest BCUT2D eigenvalue weighted by molar-refractivity contribution is 9.10. The lowest BCUT2D eigenvalue weighted by molar-refractivity contribution is 0.103. The maximum absolute atomic E-state index is 13.1. The summed E-state index contributed by atoms with van der Waals surface area (Å²) in [6.07, 6.45) is 0. The van der Waals surface area contributed by atoms with Gasteiger partial charge in [-0.2, -0.15) is 0 Å². The number of ether oxygens (including phenoxy) is 1. The molecule has 3 nitrogen and oxygen atoms in total. The molecule has 0 bridgehead atoms. The number of rotatable bonds is 1. The quantitative estimate of drug-likeness (QED) is 0.668. The number of benzene rings is 2. The van der Waals surface area contributed by atoms with E-state index in [1.165, 1.54) is 0 Å². The van der Waals surface area contributed by atoms with Crippen LogP contribution in [0.1, 0.15) is 41.0 Å². The normalized spacial score (nSPS) is 15.4. The van der Waals surface area contributed by atoms with E-state index in [1.54, 1.807) is 7.11 Å². The molecule has 1 aliphatic rings. The minimum atomic E-state index is -0.268. The molecule has 0 atom stereocenters. The van der Waals surface area contributed by atoms with Crippen LogP contribution in [0.25, 0.3) is 10.9 Å². The number of methoxy groups -OCH3 is 1. The lowest BCUT2D eigenvalue weighted by atomic mass is 9.71. The molecular weight excluding hydrogens is 354 g/mol. The average molecular weight is 370 g/mol. The Morgan fingerprint density at radius 2 is 1.91 bits per heavy atom. The molecule has 2 aromatic carbocycles. The van der Waals surface area contributed by atoms with Crippen molar-refractivity contribution in [2.45, 2.75) is 19.3 Å². The van der Waals surface area contributed by atoms with E-state index in [0.717, 1.165) is 37.8 Å². The number of hydrogen-bond acceptors (Lipinski definition) is 2. The van der Waals surface area contributed by atoms with Crippen molar-refractivity contribution in [3.05, 3.63) is 63.3 Å². The zero-order chi connectivity index (χ0) is 16.4. The fourth-order valence-electron chi connectivity index (χ4n) is 3.53. The van der Waals surface area contributed by atoms with Gasteiger partial charge in [-0.15, -0.1) is 0 Å². The van der Waals surface area contributed by atoms with E-state index >= 15 is 0 Å². The van der Waals surface area contributed by atoms with Gasteiger partial charge in [0.1, 0.15) is 5.75 Å². The van der Waals surface area contributed by atoms with Gasteiger partial charge < -0.3 is 9.72 Å². The first-order valence-electron chi connectivity index (χ1n) is 7.48. The Kier molecular flexibility index (Phi) is 2.97. The van der Waals surface area contributed by atoms with Crippen molar-refractivity contribution in [1.82, 2.24) is 4.98 Å². The minimum absolute atomic E-state index is 0.0572. The Bertz CT molecular complexity index is 969. The lowest BCUT2D eigenvalue weighted by Gasteiger charge is -2.32. The summed E-state index contributed by atoms with van der Waals surface area (Å²) in [5, 5.41) is 0.967. The van der Waals surface area contributed by atoms with Gasteiger partial charge in [-0.1, -0.05) is 41.9 Å². The second-order valence-electron chi connectivity index (χ2n) is 6.43. The second kappa shape index (κ2) is 4.71. The molecule has 0 amide bonds. The number of nitrogens with one attached hydrogen (secondary N) is 1. The molecule has 0 radical (unpaired) electrons. The highest BCUT2D eigenvalue weighted by atomic mass is 79.9. The van der Waals surface area contributed by atoms with Crippen LogP contribution in [0.15, 0.2) is 40.9 Å². The molecule has 1 N–H and O–H groups in total. The average Bonchev–Trinajstić information content (AvgIpc) is 2.92. The van der Waals surface area contributed by atoms with E-state index in [9.17, 15) is 4.79 Å². The minimum Gasteiger partial charge on any atom is -0.497 e. The van der Waals surface area contributed by atoms with Gasteiger partial charge in [0.15, 0.2) is 5.78 Å². The molecular formula is C19H16BrNO2. The van der Waals surface area contributed by atoms with Crippen LogP contribution in [0.4, 0.5) is 0 Å². The van der Waals surface area contributed by atoms with E-state index < -0.39 is 0 Å². The fraction of sp³-hybridized carbons (Fsp3) is 0.211. The standard InChI is InChI=1S/C19H16BrNO2/c1-19(2)14-7-5-11(23-3)9-13(14)17(22)16-12-6-4-10(20)8-15(12)21-18(16)19/h4-9,21H,1-3H3. The summed E-state index contributed by atoms with van der Waals surface area (Å²) in [6.45, 7) is 4.29. The highest BCUT2D eigenvalue weighted by Gasteiger charge is 2.39. The first-order valence-corrected chi connectivity index (χ1v) is 8.27. The topological polar surface area (TPSA) is 42.1 Å². The zero-order valence-corrected chi connectivity index (χ0v) is 14.7. The molecule has 23 heavy (non-hydrogen) atoms. The third kappa shape index (κ3) is 1.91. The molecule has 0 saturated heterocycles. The number of H-pyrrole nitrogens is 1. The maximum atomic E-state index is 13.1. The highest BCUT2D eigenvalue weighted by Crippen LogP contribution is 2.44. The molecule has 4 rings (SSSR count). The summed E-state index contributed by atoms with van der Waals surface area (Å²) in [5.74, 6) is 0.765.